The van der Waals surface area contributed by atoms with Gasteiger partial charge < -0.3 is 10.2 Å². The van der Waals surface area contributed by atoms with Crippen molar-refractivity contribution in [2.24, 2.45) is 0 Å². The summed E-state index contributed by atoms with van der Waals surface area (Å²) in [7, 11) is 0. The zero-order valence-electron chi connectivity index (χ0n) is 8.87. The zero-order chi connectivity index (χ0) is 11.1. The first-order chi connectivity index (χ1) is 7.75. The SMILES string of the molecule is O=C1CNCC2CCc3cc(F)ccc3N12. The molecule has 1 N–H and O–H groups in total. The number of carbonyl (C=O) groups is 1. The van der Waals surface area contributed by atoms with Crippen LogP contribution in [0.25, 0.3) is 0 Å². The van der Waals surface area contributed by atoms with Crippen LogP contribution < -0.4 is 10.2 Å². The van der Waals surface area contributed by atoms with Gasteiger partial charge in [0.25, 0.3) is 0 Å². The lowest BCUT2D eigenvalue weighted by Crippen LogP contribution is -2.56. The Morgan fingerprint density at radius 3 is 3.19 bits per heavy atom. The fourth-order valence-corrected chi connectivity index (χ4v) is 2.60. The molecule has 1 atom stereocenters. The second-order valence-electron chi connectivity index (χ2n) is 4.36. The molecule has 84 valence electrons. The molecule has 1 unspecified atom stereocenters. The first-order valence-electron chi connectivity index (χ1n) is 5.57. The minimum atomic E-state index is -0.222. The molecule has 2 aliphatic rings. The Balaban J connectivity index is 2.06. The van der Waals surface area contributed by atoms with Crippen LogP contribution in [0.15, 0.2) is 18.2 Å². The van der Waals surface area contributed by atoms with Crippen LogP contribution in [0.4, 0.5) is 10.1 Å². The third-order valence-electron chi connectivity index (χ3n) is 3.34. The predicted octanol–water partition coefficient (Wildman–Crippen LogP) is 1.08. The van der Waals surface area contributed by atoms with Gasteiger partial charge in [-0.3, -0.25) is 4.79 Å². The van der Waals surface area contributed by atoms with Crippen LogP contribution in [-0.2, 0) is 11.2 Å². The van der Waals surface area contributed by atoms with Gasteiger partial charge in [-0.05, 0) is 36.6 Å². The van der Waals surface area contributed by atoms with Gasteiger partial charge >= 0.3 is 0 Å². The topological polar surface area (TPSA) is 32.3 Å². The summed E-state index contributed by atoms with van der Waals surface area (Å²) in [5.74, 6) is -0.136. The molecular formula is C12H13FN2O. The molecule has 1 fully saturated rings. The van der Waals surface area contributed by atoms with Crippen molar-refractivity contribution in [3.05, 3.63) is 29.6 Å². The van der Waals surface area contributed by atoms with Crippen LogP contribution in [0.2, 0.25) is 0 Å². The number of piperazine rings is 1. The molecule has 16 heavy (non-hydrogen) atoms. The third kappa shape index (κ3) is 1.41. The smallest absolute Gasteiger partial charge is 0.241 e. The second-order valence-corrected chi connectivity index (χ2v) is 4.36. The van der Waals surface area contributed by atoms with Crippen LogP contribution in [0.1, 0.15) is 12.0 Å². The number of rotatable bonds is 0. The molecule has 0 bridgehead atoms. The van der Waals surface area contributed by atoms with Crippen molar-refractivity contribution in [3.8, 4) is 0 Å². The van der Waals surface area contributed by atoms with Gasteiger partial charge in [0, 0.05) is 18.3 Å². The standard InChI is InChI=1S/C12H13FN2O/c13-9-2-4-11-8(5-9)1-3-10-6-14-7-12(16)15(10)11/h2,4-5,10,14H,1,3,6-7H2. The molecule has 3 nitrogen and oxygen atoms in total. The molecule has 4 heteroatoms. The normalized spacial score (nSPS) is 23.9. The molecule has 0 radical (unpaired) electrons. The number of carbonyl (C=O) groups excluding carboxylic acids is 1. The molecule has 0 spiro atoms. The molecule has 2 heterocycles. The minimum Gasteiger partial charge on any atom is -0.307 e. The molecule has 1 aromatic carbocycles. The van der Waals surface area contributed by atoms with E-state index >= 15 is 0 Å². The van der Waals surface area contributed by atoms with E-state index in [2.05, 4.69) is 5.32 Å². The summed E-state index contributed by atoms with van der Waals surface area (Å²) in [4.78, 5) is 13.7. The van der Waals surface area contributed by atoms with E-state index in [1.165, 1.54) is 6.07 Å². The number of aryl methyl sites for hydroxylation is 1. The number of hydrogen-bond acceptors (Lipinski definition) is 2. The maximum absolute atomic E-state index is 13.1. The van der Waals surface area contributed by atoms with Gasteiger partial charge in [-0.2, -0.15) is 0 Å². The van der Waals surface area contributed by atoms with Crippen molar-refractivity contribution in [1.29, 1.82) is 0 Å². The van der Waals surface area contributed by atoms with E-state index in [9.17, 15) is 9.18 Å². The maximum Gasteiger partial charge on any atom is 0.241 e. The number of hydrogen-bond donors (Lipinski definition) is 1. The highest BCUT2D eigenvalue weighted by Gasteiger charge is 2.33. The number of anilines is 1. The molecule has 1 amide bonds. The average molecular weight is 220 g/mol. The molecule has 0 aromatic heterocycles. The Hall–Kier alpha value is -1.42. The summed E-state index contributed by atoms with van der Waals surface area (Å²) in [5, 5.41) is 3.11. The Morgan fingerprint density at radius 1 is 1.44 bits per heavy atom. The van der Waals surface area contributed by atoms with Crippen LogP contribution in [0.3, 0.4) is 0 Å². The van der Waals surface area contributed by atoms with Gasteiger partial charge in [0.05, 0.1) is 6.54 Å². The molecule has 3 rings (SSSR count). The highest BCUT2D eigenvalue weighted by molar-refractivity contribution is 5.97. The van der Waals surface area contributed by atoms with Gasteiger partial charge in [0.15, 0.2) is 0 Å². The number of nitrogens with one attached hydrogen (secondary N) is 1. The van der Waals surface area contributed by atoms with Gasteiger partial charge in [-0.25, -0.2) is 4.39 Å². The van der Waals surface area contributed by atoms with Gasteiger partial charge in [-0.1, -0.05) is 0 Å². The van der Waals surface area contributed by atoms with Crippen molar-refractivity contribution in [3.63, 3.8) is 0 Å². The van der Waals surface area contributed by atoms with E-state index in [0.717, 1.165) is 30.6 Å². The largest absolute Gasteiger partial charge is 0.307 e. The quantitative estimate of drug-likeness (QED) is 0.709. The van der Waals surface area contributed by atoms with E-state index in [-0.39, 0.29) is 17.8 Å². The van der Waals surface area contributed by atoms with E-state index in [1.807, 2.05) is 4.90 Å². The van der Waals surface area contributed by atoms with Gasteiger partial charge in [0.2, 0.25) is 5.91 Å². The summed E-state index contributed by atoms with van der Waals surface area (Å²) in [6.45, 7) is 1.22. The number of nitrogens with zero attached hydrogens (tertiary/aromatic N) is 1. The fourth-order valence-electron chi connectivity index (χ4n) is 2.60. The van der Waals surface area contributed by atoms with Crippen LogP contribution in [0.5, 0.6) is 0 Å². The number of benzene rings is 1. The minimum absolute atomic E-state index is 0.0869. The first kappa shape index (κ1) is 9.78. The molecule has 0 saturated carbocycles. The van der Waals surface area contributed by atoms with Gasteiger partial charge in [0.1, 0.15) is 5.82 Å². The summed E-state index contributed by atoms with van der Waals surface area (Å²) < 4.78 is 13.1. The van der Waals surface area contributed by atoms with Crippen molar-refractivity contribution in [2.45, 2.75) is 18.9 Å². The number of halogens is 1. The zero-order valence-corrected chi connectivity index (χ0v) is 8.87. The lowest BCUT2D eigenvalue weighted by molar-refractivity contribution is -0.119. The van der Waals surface area contributed by atoms with E-state index in [1.54, 1.807) is 12.1 Å². The van der Waals surface area contributed by atoms with Crippen LogP contribution in [-0.4, -0.2) is 25.0 Å². The Morgan fingerprint density at radius 2 is 2.31 bits per heavy atom. The summed E-state index contributed by atoms with van der Waals surface area (Å²) >= 11 is 0. The highest BCUT2D eigenvalue weighted by Crippen LogP contribution is 2.32. The average Bonchev–Trinajstić information content (AvgIpc) is 2.29. The summed E-state index contributed by atoms with van der Waals surface area (Å²) in [6, 6.07) is 4.93. The lowest BCUT2D eigenvalue weighted by atomic mass is 9.94. The summed E-state index contributed by atoms with van der Waals surface area (Å²) in [5.41, 5.74) is 1.84. The van der Waals surface area contributed by atoms with Gasteiger partial charge in [-0.15, -0.1) is 0 Å². The molecule has 2 aliphatic heterocycles. The second kappa shape index (κ2) is 3.56. The first-order valence-corrected chi connectivity index (χ1v) is 5.57. The highest BCUT2D eigenvalue weighted by atomic mass is 19.1. The third-order valence-corrected chi connectivity index (χ3v) is 3.34. The maximum atomic E-state index is 13.1. The molecule has 0 aliphatic carbocycles. The predicted molar refractivity (Wildman–Crippen MR) is 58.9 cm³/mol. The van der Waals surface area contributed by atoms with E-state index in [4.69, 9.17) is 0 Å². The number of fused-ring (bicyclic) bond motifs is 3. The van der Waals surface area contributed by atoms with Crippen molar-refractivity contribution < 1.29 is 9.18 Å². The van der Waals surface area contributed by atoms with Crippen molar-refractivity contribution >= 4 is 11.6 Å². The Kier molecular flexibility index (Phi) is 2.17. The van der Waals surface area contributed by atoms with Crippen molar-refractivity contribution in [2.75, 3.05) is 18.0 Å². The van der Waals surface area contributed by atoms with Crippen molar-refractivity contribution in [1.82, 2.24) is 5.32 Å². The number of amides is 1. The summed E-state index contributed by atoms with van der Waals surface area (Å²) in [6.07, 6.45) is 1.76. The van der Waals surface area contributed by atoms with Crippen LogP contribution in [0, 0.1) is 5.82 Å². The molecular weight excluding hydrogens is 207 g/mol. The van der Waals surface area contributed by atoms with E-state index < -0.39 is 0 Å². The Labute approximate surface area is 93.2 Å². The molecule has 1 aromatic rings. The Bertz CT molecular complexity index is 447. The van der Waals surface area contributed by atoms with Crippen LogP contribution >= 0.6 is 0 Å². The van der Waals surface area contributed by atoms with E-state index in [0.29, 0.717) is 6.54 Å². The lowest BCUT2D eigenvalue weighted by Gasteiger charge is -2.40. The monoisotopic (exact) mass is 220 g/mol. The fraction of sp³-hybridized carbons (Fsp3) is 0.417. The molecule has 1 saturated heterocycles.